The monoisotopic (exact) mass is 247 g/mol. The Morgan fingerprint density at radius 2 is 1.72 bits per heavy atom. The highest BCUT2D eigenvalue weighted by Crippen LogP contribution is 2.22. The normalized spacial score (nSPS) is 14.4. The minimum Gasteiger partial charge on any atom is -0.328 e. The third kappa shape index (κ3) is 5.22. The second-order valence-electron chi connectivity index (χ2n) is 5.49. The largest absolute Gasteiger partial charge is 0.328 e. The first kappa shape index (κ1) is 15.2. The van der Waals surface area contributed by atoms with E-state index in [1.807, 2.05) is 0 Å². The molecule has 1 rings (SSSR count). The van der Waals surface area contributed by atoms with E-state index in [1.165, 1.54) is 36.8 Å². The Labute approximate surface area is 113 Å². The molecule has 2 unspecified atom stereocenters. The lowest BCUT2D eigenvalue weighted by molar-refractivity contribution is 0.530. The van der Waals surface area contributed by atoms with Crippen LogP contribution in [-0.4, -0.2) is 6.04 Å². The molecule has 0 fully saturated rings. The molecule has 0 aliphatic rings. The van der Waals surface area contributed by atoms with Crippen molar-refractivity contribution in [2.24, 2.45) is 5.73 Å². The molecule has 0 aliphatic heterocycles. The summed E-state index contributed by atoms with van der Waals surface area (Å²) < 4.78 is 0. The van der Waals surface area contributed by atoms with Gasteiger partial charge < -0.3 is 5.73 Å². The van der Waals surface area contributed by atoms with Crippen LogP contribution < -0.4 is 5.73 Å². The lowest BCUT2D eigenvalue weighted by Gasteiger charge is -2.15. The summed E-state index contributed by atoms with van der Waals surface area (Å²) >= 11 is 0. The van der Waals surface area contributed by atoms with Crippen LogP contribution in [0.1, 0.15) is 69.9 Å². The maximum Gasteiger partial charge on any atom is 0.00364 e. The van der Waals surface area contributed by atoms with Crippen LogP contribution in [-0.2, 0) is 6.42 Å². The Bertz CT molecular complexity index is 315. The molecule has 0 saturated heterocycles. The van der Waals surface area contributed by atoms with Crippen molar-refractivity contribution in [3.05, 3.63) is 35.4 Å². The number of hydrogen-bond donors (Lipinski definition) is 1. The maximum atomic E-state index is 5.98. The quantitative estimate of drug-likeness (QED) is 0.711. The maximum absolute atomic E-state index is 5.98. The minimum atomic E-state index is 0.372. The van der Waals surface area contributed by atoms with Crippen molar-refractivity contribution in [3.8, 4) is 0 Å². The van der Waals surface area contributed by atoms with Gasteiger partial charge in [0.05, 0.1) is 0 Å². The zero-order valence-corrected chi connectivity index (χ0v) is 12.3. The summed E-state index contributed by atoms with van der Waals surface area (Å²) in [5.41, 5.74) is 8.91. The summed E-state index contributed by atoms with van der Waals surface area (Å²) in [5.74, 6) is 0.628. The first-order chi connectivity index (χ1) is 8.67. The van der Waals surface area contributed by atoms with Crippen LogP contribution in [0.15, 0.2) is 24.3 Å². The van der Waals surface area contributed by atoms with Crippen LogP contribution in [0.2, 0.25) is 0 Å². The van der Waals surface area contributed by atoms with Gasteiger partial charge in [-0.3, -0.25) is 0 Å². The van der Waals surface area contributed by atoms with Crippen LogP contribution >= 0.6 is 0 Å². The molecule has 0 radical (unpaired) electrons. The van der Waals surface area contributed by atoms with Gasteiger partial charge in [-0.05, 0) is 49.1 Å². The minimum absolute atomic E-state index is 0.372. The Morgan fingerprint density at radius 1 is 1.06 bits per heavy atom. The number of rotatable bonds is 8. The van der Waals surface area contributed by atoms with Crippen molar-refractivity contribution in [3.63, 3.8) is 0 Å². The first-order valence-electron chi connectivity index (χ1n) is 7.51. The van der Waals surface area contributed by atoms with Crippen molar-refractivity contribution < 1.29 is 0 Å². The SMILES string of the molecule is CCCCc1ccc(C(C)CCC(N)CC)cc1. The van der Waals surface area contributed by atoms with E-state index in [-0.39, 0.29) is 0 Å². The van der Waals surface area contributed by atoms with E-state index in [2.05, 4.69) is 45.0 Å². The molecule has 0 spiro atoms. The smallest absolute Gasteiger partial charge is 0.00364 e. The Kier molecular flexibility index (Phi) is 7.04. The van der Waals surface area contributed by atoms with Gasteiger partial charge in [-0.1, -0.05) is 51.5 Å². The molecule has 1 heteroatoms. The molecular weight excluding hydrogens is 218 g/mol. The Balaban J connectivity index is 2.45. The molecule has 0 bridgehead atoms. The number of hydrogen-bond acceptors (Lipinski definition) is 1. The fraction of sp³-hybridized carbons (Fsp3) is 0.647. The summed E-state index contributed by atoms with van der Waals surface area (Å²) in [6.45, 7) is 6.72. The molecular formula is C17H29N. The Hall–Kier alpha value is -0.820. The molecule has 2 atom stereocenters. The molecule has 0 amide bonds. The van der Waals surface area contributed by atoms with Gasteiger partial charge in [0.15, 0.2) is 0 Å². The van der Waals surface area contributed by atoms with Gasteiger partial charge in [0.25, 0.3) is 0 Å². The third-order valence-corrected chi connectivity index (χ3v) is 3.86. The lowest BCUT2D eigenvalue weighted by Crippen LogP contribution is -2.18. The van der Waals surface area contributed by atoms with Gasteiger partial charge in [-0.2, -0.15) is 0 Å². The standard InChI is InChI=1S/C17H29N/c1-4-6-7-15-9-11-16(12-10-15)14(3)8-13-17(18)5-2/h9-12,14,17H,4-8,13,18H2,1-3H3. The van der Waals surface area contributed by atoms with E-state index in [0.717, 1.165) is 12.8 Å². The fourth-order valence-electron chi connectivity index (χ4n) is 2.23. The van der Waals surface area contributed by atoms with Gasteiger partial charge in [-0.25, -0.2) is 0 Å². The van der Waals surface area contributed by atoms with Gasteiger partial charge in [0.1, 0.15) is 0 Å². The zero-order chi connectivity index (χ0) is 13.4. The molecule has 18 heavy (non-hydrogen) atoms. The van der Waals surface area contributed by atoms with Crippen molar-refractivity contribution in [1.82, 2.24) is 0 Å². The summed E-state index contributed by atoms with van der Waals surface area (Å²) in [5, 5.41) is 0. The zero-order valence-electron chi connectivity index (χ0n) is 12.3. The predicted octanol–water partition coefficient (Wildman–Crippen LogP) is 4.65. The Morgan fingerprint density at radius 3 is 2.28 bits per heavy atom. The van der Waals surface area contributed by atoms with Gasteiger partial charge in [-0.15, -0.1) is 0 Å². The average Bonchev–Trinajstić information content (AvgIpc) is 2.42. The van der Waals surface area contributed by atoms with Gasteiger partial charge in [0, 0.05) is 6.04 Å². The topological polar surface area (TPSA) is 26.0 Å². The molecule has 0 aromatic heterocycles. The van der Waals surface area contributed by atoms with Crippen molar-refractivity contribution in [1.29, 1.82) is 0 Å². The summed E-state index contributed by atoms with van der Waals surface area (Å²) in [6, 6.07) is 9.55. The van der Waals surface area contributed by atoms with Gasteiger partial charge in [0.2, 0.25) is 0 Å². The lowest BCUT2D eigenvalue weighted by atomic mass is 9.92. The highest BCUT2D eigenvalue weighted by molar-refractivity contribution is 5.25. The molecule has 1 aromatic rings. The van der Waals surface area contributed by atoms with E-state index >= 15 is 0 Å². The molecule has 1 nitrogen and oxygen atoms in total. The van der Waals surface area contributed by atoms with Gasteiger partial charge >= 0.3 is 0 Å². The summed E-state index contributed by atoms with van der Waals surface area (Å²) in [4.78, 5) is 0. The predicted molar refractivity (Wildman–Crippen MR) is 81.0 cm³/mol. The van der Waals surface area contributed by atoms with Crippen molar-refractivity contribution in [2.75, 3.05) is 0 Å². The second-order valence-corrected chi connectivity index (χ2v) is 5.49. The number of nitrogens with two attached hydrogens (primary N) is 1. The first-order valence-corrected chi connectivity index (χ1v) is 7.51. The van der Waals surface area contributed by atoms with E-state index in [9.17, 15) is 0 Å². The third-order valence-electron chi connectivity index (χ3n) is 3.86. The van der Waals surface area contributed by atoms with E-state index in [1.54, 1.807) is 0 Å². The van der Waals surface area contributed by atoms with E-state index in [4.69, 9.17) is 5.73 Å². The average molecular weight is 247 g/mol. The molecule has 1 aromatic carbocycles. The fourth-order valence-corrected chi connectivity index (χ4v) is 2.23. The highest BCUT2D eigenvalue weighted by atomic mass is 14.6. The van der Waals surface area contributed by atoms with Crippen LogP contribution in [0.4, 0.5) is 0 Å². The molecule has 2 N–H and O–H groups in total. The number of benzene rings is 1. The van der Waals surface area contributed by atoms with Crippen LogP contribution in [0.3, 0.4) is 0 Å². The molecule has 102 valence electrons. The van der Waals surface area contributed by atoms with Crippen molar-refractivity contribution >= 4 is 0 Å². The van der Waals surface area contributed by atoms with Crippen LogP contribution in [0.25, 0.3) is 0 Å². The molecule has 0 saturated carbocycles. The van der Waals surface area contributed by atoms with E-state index < -0.39 is 0 Å². The number of unbranched alkanes of at least 4 members (excludes halogenated alkanes) is 1. The van der Waals surface area contributed by atoms with Crippen LogP contribution in [0, 0.1) is 0 Å². The van der Waals surface area contributed by atoms with Crippen LogP contribution in [0.5, 0.6) is 0 Å². The summed E-state index contributed by atoms with van der Waals surface area (Å²) in [6.07, 6.45) is 7.19. The molecule has 0 aliphatic carbocycles. The highest BCUT2D eigenvalue weighted by Gasteiger charge is 2.07. The summed E-state index contributed by atoms with van der Waals surface area (Å²) in [7, 11) is 0. The second kappa shape index (κ2) is 8.31. The number of aryl methyl sites for hydroxylation is 1. The van der Waals surface area contributed by atoms with Crippen molar-refractivity contribution in [2.45, 2.75) is 71.3 Å². The van der Waals surface area contributed by atoms with E-state index in [0.29, 0.717) is 12.0 Å². The molecule has 0 heterocycles.